The summed E-state index contributed by atoms with van der Waals surface area (Å²) in [5.74, 6) is 0.638. The number of rotatable bonds is 2. The van der Waals surface area contributed by atoms with Crippen LogP contribution in [0.15, 0.2) is 40.0 Å². The number of nitrogens with zero attached hydrogens (tertiary/aromatic N) is 2. The fraction of sp³-hybridized carbons (Fsp3) is 0.267. The van der Waals surface area contributed by atoms with Crippen molar-refractivity contribution in [3.05, 3.63) is 57.0 Å². The molecule has 1 amide bonds. The van der Waals surface area contributed by atoms with Crippen LogP contribution in [0.3, 0.4) is 0 Å². The Morgan fingerprint density at radius 1 is 1.41 bits per heavy atom. The second-order valence-electron chi connectivity index (χ2n) is 5.03. The molecule has 1 aliphatic rings. The molecule has 0 fully saturated rings. The third-order valence-corrected chi connectivity index (χ3v) is 4.87. The molecule has 1 aliphatic heterocycles. The van der Waals surface area contributed by atoms with E-state index in [1.807, 2.05) is 18.2 Å². The number of benzene rings is 1. The van der Waals surface area contributed by atoms with Crippen LogP contribution in [-0.2, 0) is 7.05 Å². The van der Waals surface area contributed by atoms with Crippen LogP contribution in [0, 0.1) is 0 Å². The van der Waals surface area contributed by atoms with Gasteiger partial charge in [-0.15, -0.1) is 11.8 Å². The molecular weight excluding hydrogens is 322 g/mol. The average molecular weight is 336 g/mol. The van der Waals surface area contributed by atoms with Crippen molar-refractivity contribution in [1.82, 2.24) is 15.1 Å². The Balaban J connectivity index is 1.85. The van der Waals surface area contributed by atoms with E-state index in [1.54, 1.807) is 11.8 Å². The van der Waals surface area contributed by atoms with Crippen molar-refractivity contribution in [1.29, 1.82) is 0 Å². The average Bonchev–Trinajstić information content (AvgIpc) is 2.50. The predicted octanol–water partition coefficient (Wildman–Crippen LogP) is 2.40. The number of halogens is 1. The molecule has 7 heteroatoms. The largest absolute Gasteiger partial charge is 0.344 e. The second kappa shape index (κ2) is 6.14. The molecule has 0 unspecified atom stereocenters. The number of fused-ring (bicyclic) bond motifs is 1. The summed E-state index contributed by atoms with van der Waals surface area (Å²) < 4.78 is 1.15. The first kappa shape index (κ1) is 15.1. The maximum atomic E-state index is 12.3. The Morgan fingerprint density at radius 3 is 3.00 bits per heavy atom. The summed E-state index contributed by atoms with van der Waals surface area (Å²) >= 11 is 7.82. The van der Waals surface area contributed by atoms with Crippen LogP contribution < -0.4 is 10.9 Å². The number of hydrogen-bond acceptors (Lipinski definition) is 4. The van der Waals surface area contributed by atoms with Crippen LogP contribution in [0.4, 0.5) is 0 Å². The van der Waals surface area contributed by atoms with E-state index < -0.39 is 0 Å². The summed E-state index contributed by atoms with van der Waals surface area (Å²) in [6.07, 6.45) is 0.829. The highest BCUT2D eigenvalue weighted by molar-refractivity contribution is 7.99. The van der Waals surface area contributed by atoms with E-state index in [4.69, 9.17) is 11.6 Å². The van der Waals surface area contributed by atoms with Gasteiger partial charge in [0.15, 0.2) is 0 Å². The zero-order chi connectivity index (χ0) is 15.7. The van der Waals surface area contributed by atoms with E-state index in [9.17, 15) is 9.59 Å². The lowest BCUT2D eigenvalue weighted by atomic mass is 10.0. The van der Waals surface area contributed by atoms with Gasteiger partial charge in [-0.2, -0.15) is 5.10 Å². The molecule has 0 bridgehead atoms. The van der Waals surface area contributed by atoms with E-state index in [0.717, 1.165) is 27.3 Å². The summed E-state index contributed by atoms with van der Waals surface area (Å²) in [4.78, 5) is 24.8. The van der Waals surface area contributed by atoms with Gasteiger partial charge in [-0.25, -0.2) is 4.68 Å². The summed E-state index contributed by atoms with van der Waals surface area (Å²) in [5.41, 5.74) is 1.01. The van der Waals surface area contributed by atoms with Gasteiger partial charge >= 0.3 is 0 Å². The van der Waals surface area contributed by atoms with Crippen molar-refractivity contribution >= 4 is 29.3 Å². The number of hydrogen-bond donors (Lipinski definition) is 1. The maximum absolute atomic E-state index is 12.3. The van der Waals surface area contributed by atoms with Crippen LogP contribution in [0.2, 0.25) is 5.02 Å². The first-order valence-electron chi connectivity index (χ1n) is 6.82. The molecule has 5 nitrogen and oxygen atoms in total. The highest BCUT2D eigenvalue weighted by atomic mass is 35.5. The molecule has 22 heavy (non-hydrogen) atoms. The topological polar surface area (TPSA) is 64.0 Å². The molecule has 0 saturated heterocycles. The highest BCUT2D eigenvalue weighted by Crippen LogP contribution is 2.37. The van der Waals surface area contributed by atoms with Crippen LogP contribution in [0.25, 0.3) is 0 Å². The van der Waals surface area contributed by atoms with E-state index in [-0.39, 0.29) is 23.2 Å². The second-order valence-corrected chi connectivity index (χ2v) is 6.60. The summed E-state index contributed by atoms with van der Waals surface area (Å²) in [6, 6.07) is 8.40. The molecule has 0 spiro atoms. The zero-order valence-electron chi connectivity index (χ0n) is 11.9. The number of amides is 1. The normalized spacial score (nSPS) is 16.9. The minimum atomic E-state index is -0.293. The van der Waals surface area contributed by atoms with E-state index in [1.165, 1.54) is 19.2 Å². The third kappa shape index (κ3) is 3.03. The minimum absolute atomic E-state index is 0.0958. The van der Waals surface area contributed by atoms with Crippen molar-refractivity contribution in [2.75, 3.05) is 5.75 Å². The number of nitrogens with one attached hydrogen (secondary N) is 1. The van der Waals surface area contributed by atoms with Gasteiger partial charge in [-0.3, -0.25) is 9.59 Å². The Bertz CT molecular complexity index is 791. The van der Waals surface area contributed by atoms with Crippen LogP contribution in [0.5, 0.6) is 0 Å². The molecule has 0 saturated carbocycles. The smallest absolute Gasteiger partial charge is 0.272 e. The first-order chi connectivity index (χ1) is 10.5. The fourth-order valence-electron chi connectivity index (χ4n) is 2.37. The van der Waals surface area contributed by atoms with Crippen molar-refractivity contribution in [3.8, 4) is 0 Å². The number of aromatic nitrogens is 2. The molecule has 114 valence electrons. The molecule has 1 atom stereocenters. The summed E-state index contributed by atoms with van der Waals surface area (Å²) in [7, 11) is 1.52. The van der Waals surface area contributed by atoms with Gasteiger partial charge in [-0.05, 0) is 36.2 Å². The first-order valence-corrected chi connectivity index (χ1v) is 8.18. The van der Waals surface area contributed by atoms with Gasteiger partial charge in [0, 0.05) is 28.8 Å². The molecule has 3 rings (SSSR count). The zero-order valence-corrected chi connectivity index (χ0v) is 13.4. The summed E-state index contributed by atoms with van der Waals surface area (Å²) in [6.45, 7) is 0. The van der Waals surface area contributed by atoms with Gasteiger partial charge in [0.05, 0.1) is 6.04 Å². The quantitative estimate of drug-likeness (QED) is 0.915. The van der Waals surface area contributed by atoms with Crippen molar-refractivity contribution in [3.63, 3.8) is 0 Å². The van der Waals surface area contributed by atoms with E-state index in [2.05, 4.69) is 10.4 Å². The van der Waals surface area contributed by atoms with Gasteiger partial charge in [0.2, 0.25) is 0 Å². The predicted molar refractivity (Wildman–Crippen MR) is 86.5 cm³/mol. The van der Waals surface area contributed by atoms with Crippen molar-refractivity contribution < 1.29 is 4.79 Å². The van der Waals surface area contributed by atoms with Crippen LogP contribution >= 0.6 is 23.4 Å². The number of aryl methyl sites for hydroxylation is 1. The maximum Gasteiger partial charge on any atom is 0.272 e. The Labute approximate surface area is 136 Å². The van der Waals surface area contributed by atoms with Gasteiger partial charge in [-0.1, -0.05) is 11.6 Å². The van der Waals surface area contributed by atoms with E-state index >= 15 is 0 Å². The molecule has 1 aromatic carbocycles. The van der Waals surface area contributed by atoms with Gasteiger partial charge in [0.1, 0.15) is 5.69 Å². The SMILES string of the molecule is Cn1nc(C(=O)N[C@@H]2CCSc3ccc(Cl)cc32)ccc1=O. The Kier molecular flexibility index (Phi) is 4.22. The monoisotopic (exact) mass is 335 g/mol. The number of thioether (sulfide) groups is 1. The lowest BCUT2D eigenvalue weighted by Gasteiger charge is -2.26. The summed E-state index contributed by atoms with van der Waals surface area (Å²) in [5, 5.41) is 7.60. The van der Waals surface area contributed by atoms with Gasteiger partial charge < -0.3 is 5.32 Å². The lowest BCUT2D eigenvalue weighted by molar-refractivity contribution is 0.0927. The molecule has 0 aliphatic carbocycles. The Hall–Kier alpha value is -1.79. The lowest BCUT2D eigenvalue weighted by Crippen LogP contribution is -2.33. The molecule has 2 heterocycles. The van der Waals surface area contributed by atoms with Crippen molar-refractivity contribution in [2.24, 2.45) is 7.05 Å². The molecule has 0 radical (unpaired) electrons. The number of carbonyl (C=O) groups is 1. The molecule has 1 N–H and O–H groups in total. The van der Waals surface area contributed by atoms with E-state index in [0.29, 0.717) is 5.02 Å². The molecular formula is C15H14ClN3O2S. The fourth-order valence-corrected chi connectivity index (χ4v) is 3.66. The Morgan fingerprint density at radius 2 is 2.23 bits per heavy atom. The third-order valence-electron chi connectivity index (χ3n) is 3.51. The van der Waals surface area contributed by atoms with Gasteiger partial charge in [0.25, 0.3) is 11.5 Å². The van der Waals surface area contributed by atoms with Crippen molar-refractivity contribution in [2.45, 2.75) is 17.4 Å². The standard InChI is InChI=1S/C15H14ClN3O2S/c1-19-14(20)5-3-12(18-19)15(21)17-11-6-7-22-13-4-2-9(16)8-10(11)13/h2-5,8,11H,6-7H2,1H3,(H,17,21)/t11-/m1/s1. The van der Waals surface area contributed by atoms with Crippen LogP contribution in [0.1, 0.15) is 28.5 Å². The van der Waals surface area contributed by atoms with Crippen LogP contribution in [-0.4, -0.2) is 21.4 Å². The molecule has 1 aromatic heterocycles. The number of carbonyl (C=O) groups excluding carboxylic acids is 1. The minimum Gasteiger partial charge on any atom is -0.344 e. The molecule has 2 aromatic rings. The highest BCUT2D eigenvalue weighted by Gasteiger charge is 2.23.